The first-order valence-electron chi connectivity index (χ1n) is 5.72. The highest BCUT2D eigenvalue weighted by atomic mass is 19.1. The van der Waals surface area contributed by atoms with E-state index in [1.54, 1.807) is 12.1 Å². The number of hydrogen-bond acceptors (Lipinski definition) is 4. The minimum absolute atomic E-state index is 0.300. The Morgan fingerprint density at radius 3 is 1.58 bits per heavy atom. The molecular formula is C14H9FN4. The molecule has 0 amide bonds. The van der Waals surface area contributed by atoms with Crippen molar-refractivity contribution in [1.82, 2.24) is 20.4 Å². The Morgan fingerprint density at radius 2 is 1.05 bits per heavy atom. The first kappa shape index (κ1) is 11.4. The van der Waals surface area contributed by atoms with Crippen molar-refractivity contribution >= 4 is 0 Å². The van der Waals surface area contributed by atoms with Gasteiger partial charge in [0.1, 0.15) is 5.82 Å². The zero-order valence-corrected chi connectivity index (χ0v) is 9.86. The molecule has 0 unspecified atom stereocenters. The van der Waals surface area contributed by atoms with E-state index in [4.69, 9.17) is 0 Å². The second kappa shape index (κ2) is 4.89. The number of rotatable bonds is 2. The monoisotopic (exact) mass is 252 g/mol. The second-order valence-corrected chi connectivity index (χ2v) is 3.92. The number of hydrogen-bond donors (Lipinski definition) is 0. The van der Waals surface area contributed by atoms with Crippen LogP contribution in [0.15, 0.2) is 54.6 Å². The molecule has 0 aliphatic carbocycles. The van der Waals surface area contributed by atoms with E-state index in [-0.39, 0.29) is 5.82 Å². The van der Waals surface area contributed by atoms with E-state index in [0.717, 1.165) is 5.56 Å². The summed E-state index contributed by atoms with van der Waals surface area (Å²) in [6.45, 7) is 0. The van der Waals surface area contributed by atoms with Gasteiger partial charge in [-0.3, -0.25) is 0 Å². The van der Waals surface area contributed by atoms with Crippen molar-refractivity contribution in [2.24, 2.45) is 0 Å². The van der Waals surface area contributed by atoms with Crippen LogP contribution >= 0.6 is 0 Å². The largest absolute Gasteiger partial charge is 0.207 e. The van der Waals surface area contributed by atoms with Gasteiger partial charge in [0.05, 0.1) is 0 Å². The first-order chi connectivity index (χ1) is 9.33. The van der Waals surface area contributed by atoms with E-state index in [0.29, 0.717) is 17.2 Å². The molecule has 0 fully saturated rings. The lowest BCUT2D eigenvalue weighted by Crippen LogP contribution is -1.99. The zero-order valence-electron chi connectivity index (χ0n) is 9.86. The third-order valence-electron chi connectivity index (χ3n) is 2.61. The molecular weight excluding hydrogens is 243 g/mol. The van der Waals surface area contributed by atoms with E-state index < -0.39 is 0 Å². The molecule has 0 aliphatic rings. The summed E-state index contributed by atoms with van der Waals surface area (Å²) in [5.74, 6) is 0.539. The van der Waals surface area contributed by atoms with Crippen molar-refractivity contribution in [3.05, 3.63) is 60.4 Å². The van der Waals surface area contributed by atoms with Gasteiger partial charge in [0.15, 0.2) is 0 Å². The molecule has 0 bridgehead atoms. The molecule has 5 heteroatoms. The smallest absolute Gasteiger partial charge is 0.203 e. The summed E-state index contributed by atoms with van der Waals surface area (Å²) < 4.78 is 12.8. The molecule has 3 aromatic rings. The SMILES string of the molecule is Fc1ccc(-c2nnc(-c3ccccc3)nn2)cc1. The van der Waals surface area contributed by atoms with Gasteiger partial charge in [-0.25, -0.2) is 4.39 Å². The Labute approximate surface area is 109 Å². The minimum atomic E-state index is -0.300. The van der Waals surface area contributed by atoms with E-state index in [9.17, 15) is 4.39 Å². The van der Waals surface area contributed by atoms with Gasteiger partial charge in [-0.1, -0.05) is 30.3 Å². The lowest BCUT2D eigenvalue weighted by atomic mass is 10.2. The maximum Gasteiger partial charge on any atom is 0.203 e. The van der Waals surface area contributed by atoms with Gasteiger partial charge >= 0.3 is 0 Å². The van der Waals surface area contributed by atoms with Crippen LogP contribution in [0.3, 0.4) is 0 Å². The van der Waals surface area contributed by atoms with Gasteiger partial charge in [-0.05, 0) is 24.3 Å². The van der Waals surface area contributed by atoms with Crippen LogP contribution in [0.1, 0.15) is 0 Å². The molecule has 92 valence electrons. The highest BCUT2D eigenvalue weighted by Gasteiger charge is 2.05. The van der Waals surface area contributed by atoms with Crippen LogP contribution < -0.4 is 0 Å². The molecule has 1 aromatic heterocycles. The molecule has 2 aromatic carbocycles. The van der Waals surface area contributed by atoms with Crippen LogP contribution in [0.4, 0.5) is 4.39 Å². The fraction of sp³-hybridized carbons (Fsp3) is 0. The lowest BCUT2D eigenvalue weighted by Gasteiger charge is -2.00. The van der Waals surface area contributed by atoms with Crippen molar-refractivity contribution in [2.75, 3.05) is 0 Å². The number of halogens is 1. The standard InChI is InChI=1S/C14H9FN4/c15-12-8-6-11(7-9-12)14-18-16-13(17-19-14)10-4-2-1-3-5-10/h1-9H. The van der Waals surface area contributed by atoms with Crippen molar-refractivity contribution in [1.29, 1.82) is 0 Å². The van der Waals surface area contributed by atoms with Crippen LogP contribution in [0.5, 0.6) is 0 Å². The quantitative estimate of drug-likeness (QED) is 0.703. The fourth-order valence-corrected chi connectivity index (χ4v) is 1.65. The summed E-state index contributed by atoms with van der Waals surface area (Å²) in [7, 11) is 0. The predicted molar refractivity (Wildman–Crippen MR) is 68.5 cm³/mol. The first-order valence-corrected chi connectivity index (χ1v) is 5.72. The van der Waals surface area contributed by atoms with E-state index in [1.165, 1.54) is 12.1 Å². The number of benzene rings is 2. The fourth-order valence-electron chi connectivity index (χ4n) is 1.65. The lowest BCUT2D eigenvalue weighted by molar-refractivity contribution is 0.628. The minimum Gasteiger partial charge on any atom is -0.207 e. The highest BCUT2D eigenvalue weighted by Crippen LogP contribution is 2.16. The molecule has 0 aliphatic heterocycles. The maximum atomic E-state index is 12.8. The summed E-state index contributed by atoms with van der Waals surface area (Å²) in [4.78, 5) is 0. The third-order valence-corrected chi connectivity index (χ3v) is 2.61. The molecule has 0 spiro atoms. The third kappa shape index (κ3) is 2.44. The van der Waals surface area contributed by atoms with Crippen LogP contribution in [0.2, 0.25) is 0 Å². The van der Waals surface area contributed by atoms with Crippen molar-refractivity contribution in [2.45, 2.75) is 0 Å². The predicted octanol–water partition coefficient (Wildman–Crippen LogP) is 2.74. The molecule has 19 heavy (non-hydrogen) atoms. The van der Waals surface area contributed by atoms with Gasteiger partial charge in [-0.15, -0.1) is 20.4 Å². The molecule has 0 radical (unpaired) electrons. The van der Waals surface area contributed by atoms with Gasteiger partial charge in [-0.2, -0.15) is 0 Å². The Hall–Kier alpha value is -2.69. The zero-order chi connectivity index (χ0) is 13.1. The van der Waals surface area contributed by atoms with Crippen LogP contribution in [0, 0.1) is 5.82 Å². The number of aromatic nitrogens is 4. The molecule has 0 atom stereocenters. The van der Waals surface area contributed by atoms with Crippen molar-refractivity contribution < 1.29 is 4.39 Å². The van der Waals surface area contributed by atoms with Crippen LogP contribution in [0.25, 0.3) is 22.8 Å². The highest BCUT2D eigenvalue weighted by molar-refractivity contribution is 5.56. The molecule has 0 saturated heterocycles. The van der Waals surface area contributed by atoms with Crippen molar-refractivity contribution in [3.8, 4) is 22.8 Å². The summed E-state index contributed by atoms with van der Waals surface area (Å²) in [5.41, 5.74) is 1.54. The average molecular weight is 252 g/mol. The second-order valence-electron chi connectivity index (χ2n) is 3.92. The summed E-state index contributed by atoms with van der Waals surface area (Å²) in [6, 6.07) is 15.4. The Balaban J connectivity index is 1.93. The van der Waals surface area contributed by atoms with Crippen LogP contribution in [-0.4, -0.2) is 20.4 Å². The average Bonchev–Trinajstić information content (AvgIpc) is 2.49. The Bertz CT molecular complexity index is 666. The molecule has 1 heterocycles. The van der Waals surface area contributed by atoms with Gasteiger partial charge in [0.2, 0.25) is 11.6 Å². The molecule has 0 N–H and O–H groups in total. The summed E-state index contributed by atoms with van der Waals surface area (Å²) in [5, 5.41) is 16.1. The molecule has 4 nitrogen and oxygen atoms in total. The van der Waals surface area contributed by atoms with Gasteiger partial charge < -0.3 is 0 Å². The van der Waals surface area contributed by atoms with E-state index in [1.807, 2.05) is 30.3 Å². The van der Waals surface area contributed by atoms with Gasteiger partial charge in [0, 0.05) is 11.1 Å². The van der Waals surface area contributed by atoms with Gasteiger partial charge in [0.25, 0.3) is 0 Å². The topological polar surface area (TPSA) is 51.6 Å². The number of nitrogens with zero attached hydrogens (tertiary/aromatic N) is 4. The Morgan fingerprint density at radius 1 is 0.579 bits per heavy atom. The molecule has 0 saturated carbocycles. The normalized spacial score (nSPS) is 10.4. The van der Waals surface area contributed by atoms with Crippen molar-refractivity contribution in [3.63, 3.8) is 0 Å². The summed E-state index contributed by atoms with van der Waals surface area (Å²) in [6.07, 6.45) is 0. The van der Waals surface area contributed by atoms with E-state index in [2.05, 4.69) is 20.4 Å². The Kier molecular flexibility index (Phi) is 2.94. The van der Waals surface area contributed by atoms with Crippen LogP contribution in [-0.2, 0) is 0 Å². The maximum absolute atomic E-state index is 12.8. The molecule has 3 rings (SSSR count). The van der Waals surface area contributed by atoms with E-state index >= 15 is 0 Å². The summed E-state index contributed by atoms with van der Waals surface area (Å²) >= 11 is 0.